The second-order valence-electron chi connectivity index (χ2n) is 6.14. The monoisotopic (exact) mass is 311 g/mol. The Morgan fingerprint density at radius 2 is 1.39 bits per heavy atom. The first-order valence-electron chi connectivity index (χ1n) is 8.76. The van der Waals surface area contributed by atoms with Crippen molar-refractivity contribution in [3.8, 4) is 5.75 Å². The standard InChI is InChI=1S/C21H29NO/c1-3-4-5-6-15-23-21-13-11-20(12-14-21)17-22-16-19-9-7-18(2)8-10-19/h7-14,22H,3-6,15-17H2,1-2H3. The first-order chi connectivity index (χ1) is 11.3. The Bertz CT molecular complexity index is 545. The van der Waals surface area contributed by atoms with Gasteiger partial charge in [0.15, 0.2) is 0 Å². The Hall–Kier alpha value is -1.80. The molecule has 1 N–H and O–H groups in total. The number of rotatable bonds is 10. The van der Waals surface area contributed by atoms with Crippen LogP contribution in [0, 0.1) is 6.92 Å². The highest BCUT2D eigenvalue weighted by Gasteiger charge is 1.97. The summed E-state index contributed by atoms with van der Waals surface area (Å²) in [6, 6.07) is 17.1. The molecule has 0 aromatic heterocycles. The highest BCUT2D eigenvalue weighted by atomic mass is 16.5. The van der Waals surface area contributed by atoms with E-state index >= 15 is 0 Å². The predicted molar refractivity (Wildman–Crippen MR) is 97.8 cm³/mol. The van der Waals surface area contributed by atoms with Crippen molar-refractivity contribution in [2.75, 3.05) is 6.61 Å². The molecular weight excluding hydrogens is 282 g/mol. The molecule has 0 atom stereocenters. The van der Waals surface area contributed by atoms with Crippen molar-refractivity contribution in [3.05, 3.63) is 65.2 Å². The maximum absolute atomic E-state index is 5.77. The van der Waals surface area contributed by atoms with E-state index in [1.54, 1.807) is 0 Å². The average Bonchev–Trinajstić information content (AvgIpc) is 2.58. The lowest BCUT2D eigenvalue weighted by Crippen LogP contribution is -2.12. The molecule has 0 bridgehead atoms. The lowest BCUT2D eigenvalue weighted by Gasteiger charge is -2.08. The molecule has 0 saturated heterocycles. The van der Waals surface area contributed by atoms with Gasteiger partial charge in [-0.15, -0.1) is 0 Å². The third-order valence-corrected chi connectivity index (χ3v) is 3.97. The van der Waals surface area contributed by atoms with Gasteiger partial charge >= 0.3 is 0 Å². The van der Waals surface area contributed by atoms with Crippen LogP contribution in [0.4, 0.5) is 0 Å². The Balaban J connectivity index is 1.67. The van der Waals surface area contributed by atoms with E-state index in [2.05, 4.69) is 67.7 Å². The summed E-state index contributed by atoms with van der Waals surface area (Å²) in [6.45, 7) is 6.95. The molecule has 0 spiro atoms. The molecule has 2 heteroatoms. The SMILES string of the molecule is CCCCCCOc1ccc(CNCc2ccc(C)cc2)cc1. The van der Waals surface area contributed by atoms with Gasteiger partial charge in [-0.2, -0.15) is 0 Å². The zero-order chi connectivity index (χ0) is 16.3. The zero-order valence-corrected chi connectivity index (χ0v) is 14.5. The molecule has 0 radical (unpaired) electrons. The van der Waals surface area contributed by atoms with Gasteiger partial charge in [0.05, 0.1) is 6.61 Å². The van der Waals surface area contributed by atoms with Crippen LogP contribution in [-0.4, -0.2) is 6.61 Å². The highest BCUT2D eigenvalue weighted by molar-refractivity contribution is 5.27. The van der Waals surface area contributed by atoms with E-state index in [0.29, 0.717) is 0 Å². The Morgan fingerprint density at radius 3 is 2.00 bits per heavy atom. The maximum Gasteiger partial charge on any atom is 0.119 e. The highest BCUT2D eigenvalue weighted by Crippen LogP contribution is 2.13. The number of nitrogens with one attached hydrogen (secondary N) is 1. The van der Waals surface area contributed by atoms with Crippen LogP contribution >= 0.6 is 0 Å². The van der Waals surface area contributed by atoms with Crippen LogP contribution in [0.3, 0.4) is 0 Å². The van der Waals surface area contributed by atoms with E-state index in [1.165, 1.54) is 36.0 Å². The van der Waals surface area contributed by atoms with E-state index < -0.39 is 0 Å². The van der Waals surface area contributed by atoms with Crippen LogP contribution in [0.1, 0.15) is 49.3 Å². The second kappa shape index (κ2) is 10.1. The fraction of sp³-hybridized carbons (Fsp3) is 0.429. The molecule has 0 saturated carbocycles. The zero-order valence-electron chi connectivity index (χ0n) is 14.5. The van der Waals surface area contributed by atoms with Crippen LogP contribution in [0.25, 0.3) is 0 Å². The predicted octanol–water partition coefficient (Wildman–Crippen LogP) is 5.24. The lowest BCUT2D eigenvalue weighted by atomic mass is 10.1. The molecule has 2 aromatic carbocycles. The van der Waals surface area contributed by atoms with Crippen molar-refractivity contribution >= 4 is 0 Å². The van der Waals surface area contributed by atoms with Crippen LogP contribution in [0.5, 0.6) is 5.75 Å². The number of unbranched alkanes of at least 4 members (excludes halogenated alkanes) is 3. The summed E-state index contributed by atoms with van der Waals surface area (Å²) in [4.78, 5) is 0. The topological polar surface area (TPSA) is 21.3 Å². The van der Waals surface area contributed by atoms with Crippen molar-refractivity contribution in [3.63, 3.8) is 0 Å². The summed E-state index contributed by atoms with van der Waals surface area (Å²) < 4.78 is 5.77. The number of benzene rings is 2. The Morgan fingerprint density at radius 1 is 0.783 bits per heavy atom. The van der Waals surface area contributed by atoms with Crippen molar-refractivity contribution in [1.82, 2.24) is 5.32 Å². The minimum absolute atomic E-state index is 0.824. The van der Waals surface area contributed by atoms with Gasteiger partial charge in [-0.3, -0.25) is 0 Å². The van der Waals surface area contributed by atoms with Gasteiger partial charge in [0, 0.05) is 13.1 Å². The first-order valence-corrected chi connectivity index (χ1v) is 8.76. The number of hydrogen-bond donors (Lipinski definition) is 1. The van der Waals surface area contributed by atoms with Gasteiger partial charge in [-0.1, -0.05) is 68.1 Å². The smallest absolute Gasteiger partial charge is 0.119 e. The summed E-state index contributed by atoms with van der Waals surface area (Å²) in [5.74, 6) is 0.976. The first kappa shape index (κ1) is 17.6. The third-order valence-electron chi connectivity index (χ3n) is 3.97. The molecule has 2 aromatic rings. The maximum atomic E-state index is 5.77. The van der Waals surface area contributed by atoms with Crippen LogP contribution in [-0.2, 0) is 13.1 Å². The molecule has 0 unspecified atom stereocenters. The molecule has 0 aliphatic rings. The van der Waals surface area contributed by atoms with E-state index in [0.717, 1.165) is 31.9 Å². The molecule has 0 heterocycles. The molecule has 0 aliphatic heterocycles. The van der Waals surface area contributed by atoms with Crippen LogP contribution in [0.2, 0.25) is 0 Å². The largest absolute Gasteiger partial charge is 0.494 e. The normalized spacial score (nSPS) is 10.7. The van der Waals surface area contributed by atoms with Gasteiger partial charge in [-0.25, -0.2) is 0 Å². The van der Waals surface area contributed by atoms with Gasteiger partial charge in [0.1, 0.15) is 5.75 Å². The van der Waals surface area contributed by atoms with E-state index in [9.17, 15) is 0 Å². The summed E-state index contributed by atoms with van der Waals surface area (Å²) in [5, 5.41) is 3.48. The fourth-order valence-corrected chi connectivity index (χ4v) is 2.48. The summed E-state index contributed by atoms with van der Waals surface area (Å²) in [5.41, 5.74) is 3.91. The van der Waals surface area contributed by atoms with Gasteiger partial charge < -0.3 is 10.1 Å². The van der Waals surface area contributed by atoms with Gasteiger partial charge in [-0.05, 0) is 36.6 Å². The van der Waals surface area contributed by atoms with Crippen molar-refractivity contribution in [1.29, 1.82) is 0 Å². The van der Waals surface area contributed by atoms with E-state index in [4.69, 9.17) is 4.74 Å². The summed E-state index contributed by atoms with van der Waals surface area (Å²) in [6.07, 6.45) is 4.98. The van der Waals surface area contributed by atoms with Crippen LogP contribution < -0.4 is 10.1 Å². The Labute approximate surface area is 140 Å². The number of hydrogen-bond acceptors (Lipinski definition) is 2. The molecule has 23 heavy (non-hydrogen) atoms. The lowest BCUT2D eigenvalue weighted by molar-refractivity contribution is 0.305. The minimum atomic E-state index is 0.824. The van der Waals surface area contributed by atoms with Crippen molar-refractivity contribution in [2.45, 2.75) is 52.6 Å². The van der Waals surface area contributed by atoms with E-state index in [-0.39, 0.29) is 0 Å². The molecular formula is C21H29NO. The summed E-state index contributed by atoms with van der Waals surface area (Å²) in [7, 11) is 0. The van der Waals surface area contributed by atoms with Crippen molar-refractivity contribution in [2.24, 2.45) is 0 Å². The molecule has 124 valence electrons. The Kier molecular flexibility index (Phi) is 7.68. The quantitative estimate of drug-likeness (QED) is 0.606. The fourth-order valence-electron chi connectivity index (χ4n) is 2.48. The molecule has 0 amide bonds. The van der Waals surface area contributed by atoms with Crippen LogP contribution in [0.15, 0.2) is 48.5 Å². The third kappa shape index (κ3) is 6.87. The molecule has 2 rings (SSSR count). The van der Waals surface area contributed by atoms with Gasteiger partial charge in [0.25, 0.3) is 0 Å². The number of aryl methyl sites for hydroxylation is 1. The molecule has 0 aliphatic carbocycles. The van der Waals surface area contributed by atoms with E-state index in [1.807, 2.05) is 0 Å². The van der Waals surface area contributed by atoms with Crippen molar-refractivity contribution < 1.29 is 4.74 Å². The molecule has 0 fully saturated rings. The summed E-state index contributed by atoms with van der Waals surface area (Å²) >= 11 is 0. The average molecular weight is 311 g/mol. The molecule has 2 nitrogen and oxygen atoms in total. The minimum Gasteiger partial charge on any atom is -0.494 e. The van der Waals surface area contributed by atoms with Gasteiger partial charge in [0.2, 0.25) is 0 Å². The number of ether oxygens (including phenoxy) is 1. The second-order valence-corrected chi connectivity index (χ2v) is 6.14.